The molecule has 182 valence electrons. The summed E-state index contributed by atoms with van der Waals surface area (Å²) in [6.45, 7) is 3.53. The SMILES string of the molecule is Cc1cc(Cl)ccc1NC(=O)c1ccc(OC(C)C(=O)Nc2ccc(Oc3ccccc3)cc2)cc1. The van der Waals surface area contributed by atoms with Crippen LogP contribution in [0.25, 0.3) is 0 Å². The van der Waals surface area contributed by atoms with Gasteiger partial charge in [-0.05, 0) is 98.3 Å². The van der Waals surface area contributed by atoms with E-state index >= 15 is 0 Å². The third-order valence-corrected chi connectivity index (χ3v) is 5.57. The van der Waals surface area contributed by atoms with E-state index in [4.69, 9.17) is 21.1 Å². The van der Waals surface area contributed by atoms with Crippen molar-refractivity contribution in [3.8, 4) is 17.2 Å². The number of para-hydroxylation sites is 1. The Labute approximate surface area is 214 Å². The molecule has 0 aromatic heterocycles. The van der Waals surface area contributed by atoms with Crippen LogP contribution in [0.15, 0.2) is 97.1 Å². The normalized spacial score (nSPS) is 11.3. The van der Waals surface area contributed by atoms with Crippen molar-refractivity contribution >= 4 is 34.8 Å². The second-order valence-electron chi connectivity index (χ2n) is 8.13. The predicted molar refractivity (Wildman–Crippen MR) is 142 cm³/mol. The molecule has 36 heavy (non-hydrogen) atoms. The summed E-state index contributed by atoms with van der Waals surface area (Å²) in [5, 5.41) is 6.30. The van der Waals surface area contributed by atoms with E-state index < -0.39 is 6.10 Å². The van der Waals surface area contributed by atoms with E-state index in [9.17, 15) is 9.59 Å². The molecule has 1 atom stereocenters. The first-order valence-corrected chi connectivity index (χ1v) is 11.7. The number of benzene rings is 4. The molecule has 0 saturated carbocycles. The number of carbonyl (C=O) groups is 2. The summed E-state index contributed by atoms with van der Waals surface area (Å²) < 4.78 is 11.5. The van der Waals surface area contributed by atoms with E-state index in [-0.39, 0.29) is 11.8 Å². The van der Waals surface area contributed by atoms with Crippen molar-refractivity contribution in [2.75, 3.05) is 10.6 Å². The minimum absolute atomic E-state index is 0.252. The van der Waals surface area contributed by atoms with Crippen LogP contribution in [-0.4, -0.2) is 17.9 Å². The monoisotopic (exact) mass is 500 g/mol. The van der Waals surface area contributed by atoms with Crippen LogP contribution in [0.2, 0.25) is 5.02 Å². The molecule has 7 heteroatoms. The Bertz CT molecular complexity index is 1340. The van der Waals surface area contributed by atoms with Crippen LogP contribution in [0.4, 0.5) is 11.4 Å². The number of hydrogen-bond donors (Lipinski definition) is 2. The second-order valence-corrected chi connectivity index (χ2v) is 8.56. The summed E-state index contributed by atoms with van der Waals surface area (Å²) in [5.74, 6) is 1.33. The van der Waals surface area contributed by atoms with Crippen molar-refractivity contribution in [1.82, 2.24) is 0 Å². The molecular weight excluding hydrogens is 476 g/mol. The molecule has 4 aromatic carbocycles. The predicted octanol–water partition coefficient (Wildman–Crippen LogP) is 7.10. The molecule has 2 amide bonds. The van der Waals surface area contributed by atoms with Gasteiger partial charge in [0.15, 0.2) is 6.10 Å². The van der Waals surface area contributed by atoms with E-state index in [2.05, 4.69) is 10.6 Å². The Morgan fingerprint density at radius 3 is 2.08 bits per heavy atom. The molecule has 0 heterocycles. The quantitative estimate of drug-likeness (QED) is 0.270. The fourth-order valence-corrected chi connectivity index (χ4v) is 3.61. The molecule has 6 nitrogen and oxygen atoms in total. The Morgan fingerprint density at radius 1 is 0.778 bits per heavy atom. The maximum atomic E-state index is 12.6. The van der Waals surface area contributed by atoms with Crippen molar-refractivity contribution in [2.45, 2.75) is 20.0 Å². The number of nitrogens with one attached hydrogen (secondary N) is 2. The first-order chi connectivity index (χ1) is 17.4. The minimum Gasteiger partial charge on any atom is -0.481 e. The van der Waals surface area contributed by atoms with Crippen molar-refractivity contribution < 1.29 is 19.1 Å². The van der Waals surface area contributed by atoms with E-state index in [0.29, 0.717) is 33.5 Å². The fourth-order valence-electron chi connectivity index (χ4n) is 3.38. The minimum atomic E-state index is -0.748. The van der Waals surface area contributed by atoms with Gasteiger partial charge >= 0.3 is 0 Å². The average molecular weight is 501 g/mol. The number of anilines is 2. The first-order valence-electron chi connectivity index (χ1n) is 11.4. The summed E-state index contributed by atoms with van der Waals surface area (Å²) in [6.07, 6.45) is -0.748. The summed E-state index contributed by atoms with van der Waals surface area (Å²) in [5.41, 5.74) is 2.65. The van der Waals surface area contributed by atoms with Gasteiger partial charge in [-0.3, -0.25) is 9.59 Å². The molecule has 0 spiro atoms. The molecule has 0 fully saturated rings. The number of rotatable bonds is 8. The zero-order valence-electron chi connectivity index (χ0n) is 19.8. The molecule has 4 aromatic rings. The second kappa shape index (κ2) is 11.4. The van der Waals surface area contributed by atoms with Crippen LogP contribution in [0.1, 0.15) is 22.8 Å². The highest BCUT2D eigenvalue weighted by molar-refractivity contribution is 6.30. The Kier molecular flexibility index (Phi) is 7.88. The largest absolute Gasteiger partial charge is 0.481 e. The van der Waals surface area contributed by atoms with Crippen molar-refractivity contribution in [3.63, 3.8) is 0 Å². The Hall–Kier alpha value is -4.29. The summed E-state index contributed by atoms with van der Waals surface area (Å²) in [4.78, 5) is 25.2. The van der Waals surface area contributed by atoms with Crippen LogP contribution in [-0.2, 0) is 4.79 Å². The molecule has 4 rings (SSSR count). The van der Waals surface area contributed by atoms with Crippen LogP contribution in [0.3, 0.4) is 0 Å². The summed E-state index contributed by atoms with van der Waals surface area (Å²) in [6, 6.07) is 28.4. The zero-order chi connectivity index (χ0) is 25.5. The lowest BCUT2D eigenvalue weighted by atomic mass is 10.1. The topological polar surface area (TPSA) is 76.7 Å². The number of aryl methyl sites for hydroxylation is 1. The van der Waals surface area contributed by atoms with Gasteiger partial charge in [0.2, 0.25) is 0 Å². The molecule has 0 aliphatic rings. The highest BCUT2D eigenvalue weighted by Crippen LogP contribution is 2.24. The number of halogens is 1. The lowest BCUT2D eigenvalue weighted by molar-refractivity contribution is -0.122. The Balaban J connectivity index is 1.29. The van der Waals surface area contributed by atoms with Crippen LogP contribution >= 0.6 is 11.6 Å². The standard InChI is InChI=1S/C29H25ClN2O4/c1-19-18-22(30)10-17-27(19)32-29(34)21-8-13-25(14-9-21)35-20(2)28(33)31-23-11-15-26(16-12-23)36-24-6-4-3-5-7-24/h3-18,20H,1-2H3,(H,31,33)(H,32,34). The maximum absolute atomic E-state index is 12.6. The summed E-state index contributed by atoms with van der Waals surface area (Å²) >= 11 is 5.97. The molecule has 0 aliphatic heterocycles. The van der Waals surface area contributed by atoms with Gasteiger partial charge in [-0.1, -0.05) is 29.8 Å². The number of carbonyl (C=O) groups excluding carboxylic acids is 2. The third-order valence-electron chi connectivity index (χ3n) is 5.34. The van der Waals surface area contributed by atoms with Gasteiger partial charge in [-0.2, -0.15) is 0 Å². The first kappa shape index (κ1) is 24.8. The fraction of sp³-hybridized carbons (Fsp3) is 0.103. The van der Waals surface area contributed by atoms with Crippen LogP contribution in [0.5, 0.6) is 17.2 Å². The van der Waals surface area contributed by atoms with Crippen molar-refractivity contribution in [2.24, 2.45) is 0 Å². The van der Waals surface area contributed by atoms with Gasteiger partial charge in [0.1, 0.15) is 17.2 Å². The van der Waals surface area contributed by atoms with Gasteiger partial charge < -0.3 is 20.1 Å². The average Bonchev–Trinajstić information content (AvgIpc) is 2.88. The van der Waals surface area contributed by atoms with Gasteiger partial charge in [0.25, 0.3) is 11.8 Å². The number of amides is 2. The van der Waals surface area contributed by atoms with E-state index in [0.717, 1.165) is 11.3 Å². The van der Waals surface area contributed by atoms with Gasteiger partial charge in [0.05, 0.1) is 0 Å². The molecule has 0 bridgehead atoms. The van der Waals surface area contributed by atoms with Crippen LogP contribution < -0.4 is 20.1 Å². The van der Waals surface area contributed by atoms with E-state index in [1.54, 1.807) is 73.7 Å². The van der Waals surface area contributed by atoms with Gasteiger partial charge in [-0.25, -0.2) is 0 Å². The molecule has 0 aliphatic carbocycles. The van der Waals surface area contributed by atoms with Gasteiger partial charge in [-0.15, -0.1) is 0 Å². The third kappa shape index (κ3) is 6.64. The lowest BCUT2D eigenvalue weighted by Gasteiger charge is -2.15. The van der Waals surface area contributed by atoms with E-state index in [1.165, 1.54) is 0 Å². The molecule has 1 unspecified atom stereocenters. The molecule has 2 N–H and O–H groups in total. The molecular formula is C29H25ClN2O4. The van der Waals surface area contributed by atoms with Crippen molar-refractivity contribution in [1.29, 1.82) is 0 Å². The van der Waals surface area contributed by atoms with Crippen molar-refractivity contribution in [3.05, 3.63) is 113 Å². The summed E-state index contributed by atoms with van der Waals surface area (Å²) in [7, 11) is 0. The molecule has 0 radical (unpaired) electrons. The zero-order valence-corrected chi connectivity index (χ0v) is 20.6. The van der Waals surface area contributed by atoms with Gasteiger partial charge in [0, 0.05) is 22.0 Å². The smallest absolute Gasteiger partial charge is 0.265 e. The maximum Gasteiger partial charge on any atom is 0.265 e. The number of hydrogen-bond acceptors (Lipinski definition) is 4. The lowest BCUT2D eigenvalue weighted by Crippen LogP contribution is -2.30. The van der Waals surface area contributed by atoms with Crippen LogP contribution in [0, 0.1) is 6.92 Å². The number of ether oxygens (including phenoxy) is 2. The highest BCUT2D eigenvalue weighted by Gasteiger charge is 2.16. The molecule has 0 saturated heterocycles. The highest BCUT2D eigenvalue weighted by atomic mass is 35.5. The van der Waals surface area contributed by atoms with E-state index in [1.807, 2.05) is 37.3 Å². The Morgan fingerprint density at radius 2 is 1.42 bits per heavy atom.